The van der Waals surface area contributed by atoms with Crippen molar-refractivity contribution in [3.8, 4) is 78.6 Å². The molecule has 4 nitrogen and oxygen atoms in total. The number of anilines is 6. The van der Waals surface area contributed by atoms with Gasteiger partial charge in [-0.25, -0.2) is 0 Å². The van der Waals surface area contributed by atoms with Gasteiger partial charge in [0.15, 0.2) is 0 Å². The molecule has 0 unspecified atom stereocenters. The number of benzene rings is 14. The van der Waals surface area contributed by atoms with Crippen molar-refractivity contribution in [1.29, 1.82) is 0 Å². The van der Waals surface area contributed by atoms with Gasteiger partial charge in [-0.15, -0.1) is 0 Å². The third-order valence-corrected chi connectivity index (χ3v) is 18.4. The van der Waals surface area contributed by atoms with Gasteiger partial charge in [0.1, 0.15) is 23.0 Å². The van der Waals surface area contributed by atoms with E-state index < -0.39 is 5.41 Å². The Bertz CT molecular complexity index is 4710. The molecular formula is C85H57BN2O2. The molecule has 422 valence electrons. The van der Waals surface area contributed by atoms with Gasteiger partial charge in [-0.3, -0.25) is 0 Å². The number of hydrogen-bond donors (Lipinski definition) is 0. The van der Waals surface area contributed by atoms with Gasteiger partial charge < -0.3 is 19.3 Å². The highest BCUT2D eigenvalue weighted by Gasteiger charge is 2.50. The Morgan fingerprint density at radius 1 is 0.244 bits per heavy atom. The van der Waals surface area contributed by atoms with Crippen molar-refractivity contribution in [3.63, 3.8) is 0 Å². The minimum absolute atomic E-state index is 0.239. The molecule has 5 heteroatoms. The zero-order valence-electron chi connectivity index (χ0n) is 49.2. The second-order valence-electron chi connectivity index (χ2n) is 23.5. The molecule has 1 aliphatic carbocycles. The number of para-hydroxylation sites is 2. The van der Waals surface area contributed by atoms with E-state index in [1.54, 1.807) is 0 Å². The van der Waals surface area contributed by atoms with Gasteiger partial charge in [0.05, 0.1) is 5.41 Å². The van der Waals surface area contributed by atoms with Crippen LogP contribution in [0.5, 0.6) is 23.0 Å². The average Bonchev–Trinajstić information content (AvgIpc) is 1.48. The first-order valence-electron chi connectivity index (χ1n) is 30.9. The lowest BCUT2D eigenvalue weighted by Crippen LogP contribution is -2.61. The normalized spacial score (nSPS) is 12.9. The second-order valence-corrected chi connectivity index (χ2v) is 23.5. The van der Waals surface area contributed by atoms with E-state index >= 15 is 0 Å². The molecule has 0 aromatic heterocycles. The summed E-state index contributed by atoms with van der Waals surface area (Å²) in [6, 6.07) is 126. The van der Waals surface area contributed by atoms with Gasteiger partial charge in [0, 0.05) is 34.1 Å². The van der Waals surface area contributed by atoms with Crippen LogP contribution in [-0.4, -0.2) is 6.71 Å². The molecule has 2 heterocycles. The van der Waals surface area contributed by atoms with Crippen LogP contribution in [0.2, 0.25) is 0 Å². The van der Waals surface area contributed by atoms with Crippen LogP contribution < -0.4 is 35.7 Å². The topological polar surface area (TPSA) is 24.9 Å². The van der Waals surface area contributed by atoms with E-state index in [4.69, 9.17) is 9.47 Å². The molecule has 0 amide bonds. The second kappa shape index (κ2) is 21.9. The molecule has 90 heavy (non-hydrogen) atoms. The van der Waals surface area contributed by atoms with Crippen LogP contribution in [0.1, 0.15) is 22.3 Å². The van der Waals surface area contributed by atoms with Gasteiger partial charge in [-0.2, -0.15) is 0 Å². The fourth-order valence-corrected chi connectivity index (χ4v) is 14.4. The van der Waals surface area contributed by atoms with Crippen LogP contribution in [0.25, 0.3) is 55.6 Å². The van der Waals surface area contributed by atoms with Crippen LogP contribution in [0.15, 0.2) is 346 Å². The van der Waals surface area contributed by atoms with Crippen molar-refractivity contribution in [2.45, 2.75) is 5.41 Å². The van der Waals surface area contributed by atoms with E-state index in [-0.39, 0.29) is 6.71 Å². The standard InChI is InChI=1S/C85H57BN2O2/c1-6-22-58(23-7-1)60-40-46-68(47-41-60)87-80-50-44-64(62-26-20-34-72(52-62)89-70-30-12-4-13-31-70)54-78(80)86-79-55-65(63-27-21-35-73(53-63)90-71-32-14-5-15-33-71)45-51-81(79)88(69-48-42-61(43-49-69)59-24-8-2-9-25-59)83-57-67(56-82(87)84(83)86)85(66-28-10-3-11-29-66)76-38-18-16-36-74(76)75-37-17-19-39-77(75)85/h1-57H. The summed E-state index contributed by atoms with van der Waals surface area (Å²) in [5, 5.41) is 0. The predicted octanol–water partition coefficient (Wildman–Crippen LogP) is 20.4. The molecule has 0 N–H and O–H groups in total. The van der Waals surface area contributed by atoms with Gasteiger partial charge in [-0.1, -0.05) is 249 Å². The van der Waals surface area contributed by atoms with E-state index in [0.29, 0.717) is 0 Å². The summed E-state index contributed by atoms with van der Waals surface area (Å²) >= 11 is 0. The molecule has 0 saturated heterocycles. The van der Waals surface area contributed by atoms with Gasteiger partial charge in [0.25, 0.3) is 6.71 Å². The first kappa shape index (κ1) is 52.7. The fraction of sp³-hybridized carbons (Fsp3) is 0.0118. The van der Waals surface area contributed by atoms with E-state index in [9.17, 15) is 0 Å². The third-order valence-electron chi connectivity index (χ3n) is 18.4. The minimum Gasteiger partial charge on any atom is -0.457 e. The maximum Gasteiger partial charge on any atom is 0.252 e. The lowest BCUT2D eigenvalue weighted by atomic mass is 9.33. The van der Waals surface area contributed by atoms with Crippen LogP contribution in [0.3, 0.4) is 0 Å². The fourth-order valence-electron chi connectivity index (χ4n) is 14.4. The van der Waals surface area contributed by atoms with Gasteiger partial charge >= 0.3 is 0 Å². The van der Waals surface area contributed by atoms with Crippen molar-refractivity contribution in [3.05, 3.63) is 368 Å². The van der Waals surface area contributed by atoms with Crippen LogP contribution >= 0.6 is 0 Å². The highest BCUT2D eigenvalue weighted by molar-refractivity contribution is 7.00. The zero-order valence-corrected chi connectivity index (χ0v) is 49.2. The minimum atomic E-state index is -0.713. The van der Waals surface area contributed by atoms with E-state index in [2.05, 4.69) is 283 Å². The van der Waals surface area contributed by atoms with Crippen molar-refractivity contribution < 1.29 is 9.47 Å². The summed E-state index contributed by atoms with van der Waals surface area (Å²) in [5.41, 5.74) is 25.9. The third kappa shape index (κ3) is 8.93. The van der Waals surface area contributed by atoms with Crippen molar-refractivity contribution in [2.24, 2.45) is 0 Å². The lowest BCUT2D eigenvalue weighted by molar-refractivity contribution is 0.482. The quantitative estimate of drug-likeness (QED) is 0.114. The van der Waals surface area contributed by atoms with E-state index in [1.807, 2.05) is 72.8 Å². The van der Waals surface area contributed by atoms with Gasteiger partial charge in [-0.05, 0) is 191 Å². The van der Waals surface area contributed by atoms with Crippen LogP contribution in [0, 0.1) is 0 Å². The van der Waals surface area contributed by atoms with Crippen molar-refractivity contribution >= 4 is 57.2 Å². The van der Waals surface area contributed by atoms with Crippen molar-refractivity contribution in [2.75, 3.05) is 9.80 Å². The molecule has 14 aromatic carbocycles. The summed E-state index contributed by atoms with van der Waals surface area (Å²) in [6.07, 6.45) is 0. The lowest BCUT2D eigenvalue weighted by Gasteiger charge is -2.46. The largest absolute Gasteiger partial charge is 0.457 e. The highest BCUT2D eigenvalue weighted by atomic mass is 16.5. The number of fused-ring (bicyclic) bond motifs is 7. The Morgan fingerprint density at radius 2 is 0.589 bits per heavy atom. The first-order chi connectivity index (χ1) is 44.6. The maximum absolute atomic E-state index is 6.53. The Labute approximate surface area is 525 Å². The van der Waals surface area contributed by atoms with E-state index in [0.717, 1.165) is 90.5 Å². The summed E-state index contributed by atoms with van der Waals surface area (Å²) in [4.78, 5) is 5.12. The molecule has 0 bridgehead atoms. The number of hydrogen-bond acceptors (Lipinski definition) is 4. The predicted molar refractivity (Wildman–Crippen MR) is 373 cm³/mol. The maximum atomic E-state index is 6.53. The Hall–Kier alpha value is -11.7. The summed E-state index contributed by atoms with van der Waals surface area (Å²) in [5.74, 6) is 3.14. The molecule has 0 fully saturated rings. The molecule has 0 radical (unpaired) electrons. The van der Waals surface area contributed by atoms with Crippen molar-refractivity contribution in [1.82, 2.24) is 0 Å². The molecule has 0 spiro atoms. The highest BCUT2D eigenvalue weighted by Crippen LogP contribution is 2.58. The summed E-state index contributed by atoms with van der Waals surface area (Å²) in [7, 11) is 0. The number of rotatable bonds is 12. The molecule has 3 aliphatic rings. The molecule has 0 atom stereocenters. The van der Waals surface area contributed by atoms with Crippen LogP contribution in [0.4, 0.5) is 34.1 Å². The molecular weight excluding hydrogens is 1090 g/mol. The average molecular weight is 1150 g/mol. The smallest absolute Gasteiger partial charge is 0.252 e. The SMILES string of the molecule is c1ccc(Oc2cccc(-c3ccc4c(c3)B3c5cc(-c6cccc(Oc7ccccc7)c6)ccc5N(c5ccc(-c6ccccc6)cc5)c5cc(C6(c7ccccc7)c7ccccc7-c7ccccc76)cc(c53)N4c3ccc(-c4ccccc4)cc3)c2)cc1. The summed E-state index contributed by atoms with van der Waals surface area (Å²) < 4.78 is 13.1. The molecule has 2 aliphatic heterocycles. The number of ether oxygens (including phenoxy) is 2. The zero-order chi connectivity index (χ0) is 59.5. The van der Waals surface area contributed by atoms with Gasteiger partial charge in [0.2, 0.25) is 0 Å². The first-order valence-corrected chi connectivity index (χ1v) is 30.9. The van der Waals surface area contributed by atoms with E-state index in [1.165, 1.54) is 60.9 Å². The molecule has 17 rings (SSSR count). The monoisotopic (exact) mass is 1150 g/mol. The Balaban J connectivity index is 0.962. The molecule has 0 saturated carbocycles. The van der Waals surface area contributed by atoms with Crippen LogP contribution in [-0.2, 0) is 5.41 Å². The Kier molecular flexibility index (Phi) is 12.8. The molecule has 14 aromatic rings. The summed E-state index contributed by atoms with van der Waals surface area (Å²) in [6.45, 7) is -0.239. The number of nitrogens with zero attached hydrogens (tertiary/aromatic N) is 2. The Morgan fingerprint density at radius 3 is 1.03 bits per heavy atom.